The van der Waals surface area contributed by atoms with Crippen molar-refractivity contribution in [1.29, 1.82) is 0 Å². The van der Waals surface area contributed by atoms with Crippen LogP contribution in [0.5, 0.6) is 0 Å². The van der Waals surface area contributed by atoms with Gasteiger partial charge in [-0.15, -0.1) is 0 Å². The SMILES string of the molecule is CC(C)=C(Br)C(O)c1ccccc1. The molecule has 2 heteroatoms. The fourth-order valence-electron chi connectivity index (χ4n) is 1.06. The van der Waals surface area contributed by atoms with Crippen molar-refractivity contribution in [3.8, 4) is 0 Å². The van der Waals surface area contributed by atoms with Crippen molar-refractivity contribution in [1.82, 2.24) is 0 Å². The zero-order valence-electron chi connectivity index (χ0n) is 7.79. The summed E-state index contributed by atoms with van der Waals surface area (Å²) < 4.78 is 0.846. The summed E-state index contributed by atoms with van der Waals surface area (Å²) in [6.07, 6.45) is -0.536. The van der Waals surface area contributed by atoms with E-state index in [4.69, 9.17) is 0 Å². The smallest absolute Gasteiger partial charge is 0.110 e. The molecule has 1 rings (SSSR count). The number of aliphatic hydroxyl groups excluding tert-OH is 1. The Morgan fingerprint density at radius 3 is 2.23 bits per heavy atom. The fraction of sp³-hybridized carbons (Fsp3) is 0.273. The molecule has 0 aliphatic rings. The summed E-state index contributed by atoms with van der Waals surface area (Å²) in [4.78, 5) is 0. The average Bonchev–Trinajstić information content (AvgIpc) is 2.17. The molecule has 0 saturated carbocycles. The van der Waals surface area contributed by atoms with E-state index in [0.29, 0.717) is 0 Å². The molecule has 1 N–H and O–H groups in total. The molecule has 1 unspecified atom stereocenters. The normalized spacial score (nSPS) is 12.3. The van der Waals surface area contributed by atoms with E-state index in [0.717, 1.165) is 15.6 Å². The number of hydrogen-bond acceptors (Lipinski definition) is 1. The van der Waals surface area contributed by atoms with Gasteiger partial charge in [-0.3, -0.25) is 0 Å². The highest BCUT2D eigenvalue weighted by Crippen LogP contribution is 2.28. The predicted octanol–water partition coefficient (Wildman–Crippen LogP) is 3.41. The highest BCUT2D eigenvalue weighted by Gasteiger charge is 2.10. The molecule has 0 saturated heterocycles. The van der Waals surface area contributed by atoms with Crippen molar-refractivity contribution in [3.63, 3.8) is 0 Å². The maximum Gasteiger partial charge on any atom is 0.110 e. The molecule has 0 aliphatic heterocycles. The van der Waals surface area contributed by atoms with Crippen molar-refractivity contribution in [3.05, 3.63) is 46.0 Å². The lowest BCUT2D eigenvalue weighted by Gasteiger charge is -2.11. The third kappa shape index (κ3) is 2.68. The van der Waals surface area contributed by atoms with Crippen LogP contribution in [0.1, 0.15) is 25.5 Å². The number of benzene rings is 1. The summed E-state index contributed by atoms with van der Waals surface area (Å²) in [5, 5.41) is 9.85. The Kier molecular flexibility index (Phi) is 3.70. The molecule has 0 aliphatic carbocycles. The molecular formula is C11H13BrO. The van der Waals surface area contributed by atoms with Crippen LogP contribution >= 0.6 is 15.9 Å². The van der Waals surface area contributed by atoms with Crippen molar-refractivity contribution in [2.75, 3.05) is 0 Å². The second-order valence-electron chi connectivity index (χ2n) is 3.16. The minimum atomic E-state index is -0.536. The van der Waals surface area contributed by atoms with Crippen molar-refractivity contribution in [2.45, 2.75) is 20.0 Å². The van der Waals surface area contributed by atoms with Gasteiger partial charge in [-0.1, -0.05) is 51.8 Å². The second-order valence-corrected chi connectivity index (χ2v) is 4.02. The first-order valence-corrected chi connectivity index (χ1v) is 4.98. The molecular weight excluding hydrogens is 228 g/mol. The van der Waals surface area contributed by atoms with Crippen LogP contribution in [0.2, 0.25) is 0 Å². The highest BCUT2D eigenvalue weighted by molar-refractivity contribution is 9.11. The van der Waals surface area contributed by atoms with Gasteiger partial charge in [0.15, 0.2) is 0 Å². The van der Waals surface area contributed by atoms with E-state index in [-0.39, 0.29) is 0 Å². The van der Waals surface area contributed by atoms with Crippen LogP contribution < -0.4 is 0 Å². The van der Waals surface area contributed by atoms with Gasteiger partial charge >= 0.3 is 0 Å². The zero-order chi connectivity index (χ0) is 9.84. The zero-order valence-corrected chi connectivity index (χ0v) is 9.38. The lowest BCUT2D eigenvalue weighted by molar-refractivity contribution is 0.224. The third-order valence-electron chi connectivity index (χ3n) is 1.83. The monoisotopic (exact) mass is 240 g/mol. The summed E-state index contributed by atoms with van der Waals surface area (Å²) in [5.41, 5.74) is 2.01. The molecule has 0 heterocycles. The van der Waals surface area contributed by atoms with E-state index in [1.165, 1.54) is 0 Å². The first-order chi connectivity index (χ1) is 6.13. The number of rotatable bonds is 2. The Morgan fingerprint density at radius 2 is 1.77 bits per heavy atom. The molecule has 0 spiro atoms. The number of aliphatic hydroxyl groups is 1. The van der Waals surface area contributed by atoms with Crippen LogP contribution in [0.15, 0.2) is 40.4 Å². The molecule has 0 bridgehead atoms. The molecule has 1 aromatic rings. The minimum Gasteiger partial charge on any atom is -0.383 e. The summed E-state index contributed by atoms with van der Waals surface area (Å²) in [6, 6.07) is 9.60. The molecule has 0 fully saturated rings. The average molecular weight is 241 g/mol. The standard InChI is InChI=1S/C11H13BrO/c1-8(2)10(12)11(13)9-6-4-3-5-7-9/h3-7,11,13H,1-2H3. The van der Waals surface area contributed by atoms with E-state index in [2.05, 4.69) is 15.9 Å². The molecule has 1 aromatic carbocycles. The van der Waals surface area contributed by atoms with Crippen molar-refractivity contribution >= 4 is 15.9 Å². The van der Waals surface area contributed by atoms with Gasteiger partial charge in [0.05, 0.1) is 0 Å². The molecule has 0 radical (unpaired) electrons. The van der Waals surface area contributed by atoms with E-state index >= 15 is 0 Å². The van der Waals surface area contributed by atoms with Gasteiger partial charge < -0.3 is 5.11 Å². The van der Waals surface area contributed by atoms with Gasteiger partial charge in [-0.05, 0) is 19.4 Å². The lowest BCUT2D eigenvalue weighted by Crippen LogP contribution is -1.97. The van der Waals surface area contributed by atoms with E-state index in [9.17, 15) is 5.11 Å². The van der Waals surface area contributed by atoms with Crippen LogP contribution in [0, 0.1) is 0 Å². The Morgan fingerprint density at radius 1 is 1.23 bits per heavy atom. The molecule has 1 atom stereocenters. The van der Waals surface area contributed by atoms with E-state index in [1.54, 1.807) is 0 Å². The summed E-state index contributed by atoms with van der Waals surface area (Å²) >= 11 is 3.37. The maximum absolute atomic E-state index is 9.85. The quantitative estimate of drug-likeness (QED) is 0.841. The lowest BCUT2D eigenvalue weighted by atomic mass is 10.1. The van der Waals surface area contributed by atoms with E-state index in [1.807, 2.05) is 44.2 Å². The van der Waals surface area contributed by atoms with Crippen LogP contribution in [0.25, 0.3) is 0 Å². The maximum atomic E-state index is 9.85. The molecule has 0 aromatic heterocycles. The Bertz CT molecular complexity index is 299. The predicted molar refractivity (Wildman–Crippen MR) is 58.7 cm³/mol. The summed E-state index contributed by atoms with van der Waals surface area (Å²) in [7, 11) is 0. The van der Waals surface area contributed by atoms with Gasteiger partial charge in [0, 0.05) is 4.48 Å². The van der Waals surface area contributed by atoms with Gasteiger partial charge in [-0.25, -0.2) is 0 Å². The fourth-order valence-corrected chi connectivity index (χ4v) is 1.32. The largest absolute Gasteiger partial charge is 0.383 e. The van der Waals surface area contributed by atoms with Gasteiger partial charge in [0.25, 0.3) is 0 Å². The first-order valence-electron chi connectivity index (χ1n) is 4.19. The molecule has 0 amide bonds. The third-order valence-corrected chi connectivity index (χ3v) is 3.06. The van der Waals surface area contributed by atoms with Gasteiger partial charge in [-0.2, -0.15) is 0 Å². The Hall–Kier alpha value is -0.600. The molecule has 13 heavy (non-hydrogen) atoms. The number of allylic oxidation sites excluding steroid dienone is 1. The first kappa shape index (κ1) is 10.5. The highest BCUT2D eigenvalue weighted by atomic mass is 79.9. The van der Waals surface area contributed by atoms with Crippen LogP contribution in [0.4, 0.5) is 0 Å². The summed E-state index contributed by atoms with van der Waals surface area (Å²) in [6.45, 7) is 3.94. The minimum absolute atomic E-state index is 0.536. The summed E-state index contributed by atoms with van der Waals surface area (Å²) in [5.74, 6) is 0. The topological polar surface area (TPSA) is 20.2 Å². The van der Waals surface area contributed by atoms with Gasteiger partial charge in [0.1, 0.15) is 6.10 Å². The Balaban J connectivity index is 2.93. The van der Waals surface area contributed by atoms with Crippen LogP contribution in [-0.4, -0.2) is 5.11 Å². The molecule has 1 nitrogen and oxygen atoms in total. The van der Waals surface area contributed by atoms with Crippen LogP contribution in [0.3, 0.4) is 0 Å². The van der Waals surface area contributed by atoms with Gasteiger partial charge in [0.2, 0.25) is 0 Å². The van der Waals surface area contributed by atoms with Crippen molar-refractivity contribution in [2.24, 2.45) is 0 Å². The van der Waals surface area contributed by atoms with Crippen LogP contribution in [-0.2, 0) is 0 Å². The molecule has 70 valence electrons. The number of halogens is 1. The Labute approximate surface area is 87.2 Å². The van der Waals surface area contributed by atoms with Crippen molar-refractivity contribution < 1.29 is 5.11 Å². The number of hydrogen-bond donors (Lipinski definition) is 1. The van der Waals surface area contributed by atoms with E-state index < -0.39 is 6.10 Å². The second kappa shape index (κ2) is 4.58.